The van der Waals surface area contributed by atoms with Gasteiger partial charge in [-0.3, -0.25) is 4.79 Å². The van der Waals surface area contributed by atoms with Crippen molar-refractivity contribution >= 4 is 5.91 Å². The van der Waals surface area contributed by atoms with E-state index in [0.29, 0.717) is 36.0 Å². The molecule has 28 heavy (non-hydrogen) atoms. The summed E-state index contributed by atoms with van der Waals surface area (Å²) < 4.78 is 21.3. The number of carbonyl (C=O) groups is 1. The molecule has 8 heteroatoms. The van der Waals surface area contributed by atoms with Crippen LogP contribution in [-0.4, -0.2) is 29.4 Å². The Morgan fingerprint density at radius 3 is 2.89 bits per heavy atom. The maximum Gasteiger partial charge on any atom is 0.255 e. The molecule has 0 saturated carbocycles. The van der Waals surface area contributed by atoms with Gasteiger partial charge in [-0.1, -0.05) is 23.4 Å². The zero-order valence-corrected chi connectivity index (χ0v) is 15.3. The fourth-order valence-corrected chi connectivity index (χ4v) is 2.83. The molecule has 3 aromatic rings. The largest absolute Gasteiger partial charge is 0.485 e. The van der Waals surface area contributed by atoms with E-state index in [-0.39, 0.29) is 19.3 Å². The van der Waals surface area contributed by atoms with Crippen molar-refractivity contribution < 1.29 is 23.5 Å². The maximum atomic E-state index is 12.6. The first-order chi connectivity index (χ1) is 13.7. The molecule has 1 aliphatic rings. The lowest BCUT2D eigenvalue weighted by atomic mass is 10.1. The molecule has 0 radical (unpaired) electrons. The van der Waals surface area contributed by atoms with Crippen LogP contribution in [0.2, 0.25) is 0 Å². The zero-order chi connectivity index (χ0) is 19.3. The number of nitrogens with zero attached hydrogens (tertiary/aromatic N) is 2. The van der Waals surface area contributed by atoms with Gasteiger partial charge in [0.1, 0.15) is 5.75 Å². The Morgan fingerprint density at radius 2 is 2.04 bits per heavy atom. The van der Waals surface area contributed by atoms with Crippen LogP contribution in [0.25, 0.3) is 0 Å². The van der Waals surface area contributed by atoms with E-state index in [1.165, 1.54) is 0 Å². The van der Waals surface area contributed by atoms with E-state index in [4.69, 9.17) is 18.7 Å². The molecule has 8 nitrogen and oxygen atoms in total. The number of nitrogens with one attached hydrogen (secondary N) is 1. The number of carbonyl (C=O) groups excluding carboxylic acids is 1. The van der Waals surface area contributed by atoms with Crippen molar-refractivity contribution in [2.45, 2.75) is 20.0 Å². The molecule has 0 unspecified atom stereocenters. The molecule has 0 bridgehead atoms. The highest BCUT2D eigenvalue weighted by atomic mass is 16.7. The first-order valence-electron chi connectivity index (χ1n) is 8.87. The van der Waals surface area contributed by atoms with E-state index >= 15 is 0 Å². The summed E-state index contributed by atoms with van der Waals surface area (Å²) in [5, 5.41) is 6.70. The summed E-state index contributed by atoms with van der Waals surface area (Å²) in [5.41, 5.74) is 1.51. The highest BCUT2D eigenvalue weighted by molar-refractivity contribution is 5.96. The molecule has 1 N–H and O–H groups in total. The van der Waals surface area contributed by atoms with Gasteiger partial charge in [0.15, 0.2) is 18.1 Å². The molecule has 1 aliphatic heterocycles. The van der Waals surface area contributed by atoms with Gasteiger partial charge in [0, 0.05) is 13.5 Å². The third-order valence-corrected chi connectivity index (χ3v) is 4.19. The monoisotopic (exact) mass is 381 g/mol. The number of aromatic nitrogens is 2. The summed E-state index contributed by atoms with van der Waals surface area (Å²) in [6.07, 6.45) is 0.674. The molecular weight excluding hydrogens is 362 g/mol. The van der Waals surface area contributed by atoms with Gasteiger partial charge in [-0.2, -0.15) is 4.98 Å². The normalized spacial score (nSPS) is 12.0. The van der Waals surface area contributed by atoms with E-state index in [1.807, 2.05) is 18.2 Å². The summed E-state index contributed by atoms with van der Waals surface area (Å²) >= 11 is 0. The lowest BCUT2D eigenvalue weighted by molar-refractivity contribution is 0.0949. The average Bonchev–Trinajstić information content (AvgIpc) is 3.34. The standard InChI is InChI=1S/C20H19N3O5/c1-13-22-19(23-28-13)11-25-16-5-3-2-4-15(16)20(24)21-9-8-14-6-7-17-18(10-14)27-12-26-17/h2-7,10H,8-9,11-12H2,1H3,(H,21,24). The predicted octanol–water partition coefficient (Wildman–Crippen LogP) is 2.66. The summed E-state index contributed by atoms with van der Waals surface area (Å²) in [5.74, 6) is 2.63. The minimum atomic E-state index is -0.208. The van der Waals surface area contributed by atoms with Crippen LogP contribution in [0.1, 0.15) is 27.6 Å². The SMILES string of the molecule is Cc1nc(COc2ccccc2C(=O)NCCc2ccc3c(c2)OCO3)no1. The predicted molar refractivity (Wildman–Crippen MR) is 98.4 cm³/mol. The number of ether oxygens (including phenoxy) is 3. The molecule has 144 valence electrons. The van der Waals surface area contributed by atoms with Gasteiger partial charge < -0.3 is 24.1 Å². The highest BCUT2D eigenvalue weighted by Gasteiger charge is 2.15. The zero-order valence-electron chi connectivity index (χ0n) is 15.3. The number of para-hydroxylation sites is 1. The second-order valence-electron chi connectivity index (χ2n) is 6.21. The number of fused-ring (bicyclic) bond motifs is 1. The first-order valence-corrected chi connectivity index (χ1v) is 8.87. The van der Waals surface area contributed by atoms with Crippen LogP contribution >= 0.6 is 0 Å². The van der Waals surface area contributed by atoms with Gasteiger partial charge in [0.25, 0.3) is 5.91 Å². The van der Waals surface area contributed by atoms with Gasteiger partial charge in [-0.15, -0.1) is 0 Å². The van der Waals surface area contributed by atoms with Gasteiger partial charge in [-0.05, 0) is 36.2 Å². The molecule has 0 aliphatic carbocycles. The Kier molecular flexibility index (Phi) is 5.09. The van der Waals surface area contributed by atoms with Gasteiger partial charge in [0.2, 0.25) is 18.5 Å². The molecular formula is C20H19N3O5. The fourth-order valence-electron chi connectivity index (χ4n) is 2.83. The summed E-state index contributed by atoms with van der Waals surface area (Å²) in [6, 6.07) is 12.8. The molecule has 0 atom stereocenters. The second kappa shape index (κ2) is 7.99. The molecule has 1 amide bonds. The number of rotatable bonds is 7. The molecule has 0 spiro atoms. The van der Waals surface area contributed by atoms with E-state index in [1.54, 1.807) is 31.2 Å². The number of hydrogen-bond acceptors (Lipinski definition) is 7. The maximum absolute atomic E-state index is 12.6. The molecule has 4 rings (SSSR count). The number of amides is 1. The molecule has 1 aromatic heterocycles. The van der Waals surface area contributed by atoms with Gasteiger partial charge in [0.05, 0.1) is 5.56 Å². The van der Waals surface area contributed by atoms with Crippen molar-refractivity contribution in [1.29, 1.82) is 0 Å². The Hall–Kier alpha value is -3.55. The van der Waals surface area contributed by atoms with Crippen LogP contribution in [0, 0.1) is 6.92 Å². The van der Waals surface area contributed by atoms with Gasteiger partial charge in [-0.25, -0.2) is 0 Å². The van der Waals surface area contributed by atoms with Crippen molar-refractivity contribution in [2.24, 2.45) is 0 Å². The number of aryl methyl sites for hydroxylation is 1. The average molecular weight is 381 g/mol. The highest BCUT2D eigenvalue weighted by Crippen LogP contribution is 2.32. The Labute approximate surface area is 161 Å². The fraction of sp³-hybridized carbons (Fsp3) is 0.250. The van der Waals surface area contributed by atoms with Crippen molar-refractivity contribution in [3.8, 4) is 17.2 Å². The van der Waals surface area contributed by atoms with Crippen LogP contribution in [0.5, 0.6) is 17.2 Å². The third kappa shape index (κ3) is 4.06. The van der Waals surface area contributed by atoms with Crippen LogP contribution in [0.15, 0.2) is 47.0 Å². The summed E-state index contributed by atoms with van der Waals surface area (Å²) in [4.78, 5) is 16.7. The second-order valence-corrected chi connectivity index (χ2v) is 6.21. The Balaban J connectivity index is 1.34. The van der Waals surface area contributed by atoms with E-state index in [9.17, 15) is 4.79 Å². The Bertz CT molecular complexity index is 985. The van der Waals surface area contributed by atoms with Crippen molar-refractivity contribution in [1.82, 2.24) is 15.5 Å². The van der Waals surface area contributed by atoms with E-state index in [2.05, 4.69) is 15.5 Å². The summed E-state index contributed by atoms with van der Waals surface area (Å²) in [7, 11) is 0. The molecule has 2 heterocycles. The van der Waals surface area contributed by atoms with Gasteiger partial charge >= 0.3 is 0 Å². The van der Waals surface area contributed by atoms with Crippen LogP contribution in [0.3, 0.4) is 0 Å². The lowest BCUT2D eigenvalue weighted by Gasteiger charge is -2.11. The van der Waals surface area contributed by atoms with Crippen LogP contribution in [0.4, 0.5) is 0 Å². The minimum absolute atomic E-state index is 0.124. The number of benzene rings is 2. The van der Waals surface area contributed by atoms with Crippen molar-refractivity contribution in [3.63, 3.8) is 0 Å². The third-order valence-electron chi connectivity index (χ3n) is 4.19. The topological polar surface area (TPSA) is 95.7 Å². The lowest BCUT2D eigenvalue weighted by Crippen LogP contribution is -2.26. The van der Waals surface area contributed by atoms with Crippen LogP contribution in [-0.2, 0) is 13.0 Å². The van der Waals surface area contributed by atoms with E-state index in [0.717, 1.165) is 17.1 Å². The van der Waals surface area contributed by atoms with E-state index < -0.39 is 0 Å². The Morgan fingerprint density at radius 1 is 1.18 bits per heavy atom. The van der Waals surface area contributed by atoms with Crippen molar-refractivity contribution in [2.75, 3.05) is 13.3 Å². The van der Waals surface area contributed by atoms with Crippen molar-refractivity contribution in [3.05, 3.63) is 65.3 Å². The first kappa shape index (κ1) is 17.8. The smallest absolute Gasteiger partial charge is 0.255 e. The minimum Gasteiger partial charge on any atom is -0.485 e. The quantitative estimate of drug-likeness (QED) is 0.672. The van der Waals surface area contributed by atoms with Crippen LogP contribution < -0.4 is 19.5 Å². The molecule has 0 fully saturated rings. The number of hydrogen-bond donors (Lipinski definition) is 1. The summed E-state index contributed by atoms with van der Waals surface area (Å²) in [6.45, 7) is 2.56. The molecule has 0 saturated heterocycles. The molecule has 2 aromatic carbocycles.